The molecule has 114 valence electrons. The van der Waals surface area contributed by atoms with Gasteiger partial charge < -0.3 is 9.47 Å². The number of carbonyl (C=O) groups excluding carboxylic acids is 2. The van der Waals surface area contributed by atoms with E-state index in [9.17, 15) is 9.59 Å². The Morgan fingerprint density at radius 3 is 2.50 bits per heavy atom. The second-order valence-electron chi connectivity index (χ2n) is 5.10. The molecule has 2 aromatic carbocycles. The smallest absolute Gasteiger partial charge is 0.338 e. The van der Waals surface area contributed by atoms with Gasteiger partial charge in [0, 0.05) is 12.0 Å². The van der Waals surface area contributed by atoms with Gasteiger partial charge in [-0.25, -0.2) is 9.59 Å². The molecule has 0 bridgehead atoms. The first-order chi connectivity index (χ1) is 10.6. The summed E-state index contributed by atoms with van der Waals surface area (Å²) >= 11 is 0. The topological polar surface area (TPSA) is 52.6 Å². The Morgan fingerprint density at radius 2 is 1.77 bits per heavy atom. The summed E-state index contributed by atoms with van der Waals surface area (Å²) in [5.41, 5.74) is 0.508. The van der Waals surface area contributed by atoms with Gasteiger partial charge in [0.05, 0.1) is 18.8 Å². The summed E-state index contributed by atoms with van der Waals surface area (Å²) in [5.74, 6) is -0.936. The minimum absolute atomic E-state index is 0.0756. The standard InChI is InChI=1S/C18H18O4/c1-3-17(19)21-11-13(2)12-22-18(20)16-9-8-14-6-4-5-7-15(14)10-16/h3-10,13H,1,11-12H2,2H3. The van der Waals surface area contributed by atoms with E-state index >= 15 is 0 Å². The van der Waals surface area contributed by atoms with Crippen LogP contribution in [0.1, 0.15) is 17.3 Å². The van der Waals surface area contributed by atoms with E-state index in [1.54, 1.807) is 12.1 Å². The van der Waals surface area contributed by atoms with Gasteiger partial charge in [0.2, 0.25) is 0 Å². The summed E-state index contributed by atoms with van der Waals surface area (Å²) in [5, 5.41) is 2.06. The third-order valence-corrected chi connectivity index (χ3v) is 3.16. The van der Waals surface area contributed by atoms with Gasteiger partial charge in [-0.05, 0) is 22.9 Å². The fraction of sp³-hybridized carbons (Fsp3) is 0.222. The Labute approximate surface area is 129 Å². The molecule has 0 fully saturated rings. The van der Waals surface area contributed by atoms with Crippen LogP contribution in [0.2, 0.25) is 0 Å². The molecule has 0 aliphatic rings. The second-order valence-corrected chi connectivity index (χ2v) is 5.10. The van der Waals surface area contributed by atoms with Gasteiger partial charge in [-0.3, -0.25) is 0 Å². The number of hydrogen-bond donors (Lipinski definition) is 0. The maximum absolute atomic E-state index is 12.0. The molecule has 2 aromatic rings. The molecule has 0 saturated heterocycles. The van der Waals surface area contributed by atoms with Crippen molar-refractivity contribution in [1.82, 2.24) is 0 Å². The SMILES string of the molecule is C=CC(=O)OCC(C)COC(=O)c1ccc2ccccc2c1. The number of carbonyl (C=O) groups is 2. The molecule has 0 N–H and O–H groups in total. The first kappa shape index (κ1) is 15.8. The van der Waals surface area contributed by atoms with Crippen LogP contribution in [0.4, 0.5) is 0 Å². The van der Waals surface area contributed by atoms with Crippen molar-refractivity contribution in [2.45, 2.75) is 6.92 Å². The molecular formula is C18H18O4. The molecular weight excluding hydrogens is 280 g/mol. The van der Waals surface area contributed by atoms with Gasteiger partial charge in [0.1, 0.15) is 0 Å². The predicted octanol–water partition coefficient (Wildman–Crippen LogP) is 3.36. The molecule has 2 rings (SSSR count). The lowest BCUT2D eigenvalue weighted by Gasteiger charge is -2.12. The van der Waals surface area contributed by atoms with Crippen molar-refractivity contribution < 1.29 is 19.1 Å². The zero-order chi connectivity index (χ0) is 15.9. The van der Waals surface area contributed by atoms with Crippen LogP contribution in [0.3, 0.4) is 0 Å². The van der Waals surface area contributed by atoms with E-state index in [2.05, 4.69) is 6.58 Å². The van der Waals surface area contributed by atoms with Gasteiger partial charge >= 0.3 is 11.9 Å². The van der Waals surface area contributed by atoms with E-state index in [1.165, 1.54) is 0 Å². The zero-order valence-corrected chi connectivity index (χ0v) is 12.5. The minimum atomic E-state index is -0.479. The molecule has 0 saturated carbocycles. The number of hydrogen-bond acceptors (Lipinski definition) is 4. The first-order valence-electron chi connectivity index (χ1n) is 7.05. The van der Waals surface area contributed by atoms with Crippen LogP contribution in [0.5, 0.6) is 0 Å². The molecule has 22 heavy (non-hydrogen) atoms. The highest BCUT2D eigenvalue weighted by molar-refractivity contribution is 5.95. The molecule has 0 aromatic heterocycles. The highest BCUT2D eigenvalue weighted by atomic mass is 16.5. The van der Waals surface area contributed by atoms with Crippen LogP contribution in [0.15, 0.2) is 55.1 Å². The van der Waals surface area contributed by atoms with Gasteiger partial charge in [-0.1, -0.05) is 43.8 Å². The number of benzene rings is 2. The summed E-state index contributed by atoms with van der Waals surface area (Å²) in [6, 6.07) is 13.2. The van der Waals surface area contributed by atoms with Crippen LogP contribution >= 0.6 is 0 Å². The minimum Gasteiger partial charge on any atom is -0.462 e. The lowest BCUT2D eigenvalue weighted by atomic mass is 10.1. The van der Waals surface area contributed by atoms with Gasteiger partial charge in [-0.15, -0.1) is 0 Å². The average molecular weight is 298 g/mol. The van der Waals surface area contributed by atoms with Crippen molar-refractivity contribution >= 4 is 22.7 Å². The van der Waals surface area contributed by atoms with Crippen LogP contribution in [-0.4, -0.2) is 25.2 Å². The van der Waals surface area contributed by atoms with Crippen molar-refractivity contribution in [2.24, 2.45) is 5.92 Å². The Bertz CT molecular complexity index is 690. The molecule has 4 nitrogen and oxygen atoms in total. The number of fused-ring (bicyclic) bond motifs is 1. The Morgan fingerprint density at radius 1 is 1.09 bits per heavy atom. The van der Waals surface area contributed by atoms with Crippen molar-refractivity contribution in [3.63, 3.8) is 0 Å². The molecule has 0 radical (unpaired) electrons. The Hall–Kier alpha value is -2.62. The number of esters is 2. The quantitative estimate of drug-likeness (QED) is 0.606. The third kappa shape index (κ3) is 4.19. The summed E-state index contributed by atoms with van der Waals surface area (Å²) in [6.07, 6.45) is 1.10. The zero-order valence-electron chi connectivity index (χ0n) is 12.5. The van der Waals surface area contributed by atoms with E-state index in [4.69, 9.17) is 9.47 Å². The van der Waals surface area contributed by atoms with Crippen molar-refractivity contribution in [3.05, 3.63) is 60.7 Å². The summed E-state index contributed by atoms with van der Waals surface area (Å²) < 4.78 is 10.1. The van der Waals surface area contributed by atoms with Gasteiger partial charge in [0.15, 0.2) is 0 Å². The number of rotatable bonds is 6. The molecule has 0 spiro atoms. The molecule has 0 amide bonds. The fourth-order valence-corrected chi connectivity index (χ4v) is 1.95. The van der Waals surface area contributed by atoms with Crippen LogP contribution < -0.4 is 0 Å². The van der Waals surface area contributed by atoms with Crippen molar-refractivity contribution in [3.8, 4) is 0 Å². The normalized spacial score (nSPS) is 11.7. The Kier molecular flexibility index (Phi) is 5.31. The molecule has 1 atom stereocenters. The van der Waals surface area contributed by atoms with E-state index in [1.807, 2.05) is 37.3 Å². The van der Waals surface area contributed by atoms with E-state index < -0.39 is 5.97 Å². The lowest BCUT2D eigenvalue weighted by Crippen LogP contribution is -2.18. The first-order valence-corrected chi connectivity index (χ1v) is 7.05. The maximum atomic E-state index is 12.0. The van der Waals surface area contributed by atoms with E-state index in [0.717, 1.165) is 16.8 Å². The Balaban J connectivity index is 1.90. The van der Waals surface area contributed by atoms with Crippen LogP contribution in [-0.2, 0) is 14.3 Å². The lowest BCUT2D eigenvalue weighted by molar-refractivity contribution is -0.139. The molecule has 0 aliphatic heterocycles. The second kappa shape index (κ2) is 7.41. The number of ether oxygens (including phenoxy) is 2. The molecule has 1 unspecified atom stereocenters. The van der Waals surface area contributed by atoms with E-state index in [0.29, 0.717) is 5.56 Å². The molecule has 0 heterocycles. The summed E-state index contributed by atoms with van der Waals surface area (Å²) in [4.78, 5) is 23.0. The van der Waals surface area contributed by atoms with Crippen molar-refractivity contribution in [1.29, 1.82) is 0 Å². The molecule has 4 heteroatoms. The summed E-state index contributed by atoms with van der Waals surface area (Å²) in [6.45, 7) is 5.54. The van der Waals surface area contributed by atoms with Gasteiger partial charge in [0.25, 0.3) is 0 Å². The summed E-state index contributed by atoms with van der Waals surface area (Å²) in [7, 11) is 0. The van der Waals surface area contributed by atoms with Gasteiger partial charge in [-0.2, -0.15) is 0 Å². The van der Waals surface area contributed by atoms with Crippen molar-refractivity contribution in [2.75, 3.05) is 13.2 Å². The largest absolute Gasteiger partial charge is 0.462 e. The third-order valence-electron chi connectivity index (χ3n) is 3.16. The molecule has 0 aliphatic carbocycles. The predicted molar refractivity (Wildman–Crippen MR) is 84.6 cm³/mol. The maximum Gasteiger partial charge on any atom is 0.338 e. The highest BCUT2D eigenvalue weighted by Crippen LogP contribution is 2.16. The van der Waals surface area contributed by atoms with Crippen LogP contribution in [0, 0.1) is 5.92 Å². The highest BCUT2D eigenvalue weighted by Gasteiger charge is 2.11. The fourth-order valence-electron chi connectivity index (χ4n) is 1.95. The monoisotopic (exact) mass is 298 g/mol. The average Bonchev–Trinajstić information content (AvgIpc) is 2.56. The van der Waals surface area contributed by atoms with Crippen LogP contribution in [0.25, 0.3) is 10.8 Å². The van der Waals surface area contributed by atoms with E-state index in [-0.39, 0.29) is 25.1 Å².